The molecular formula is C23H20BrFN2O4. The summed E-state index contributed by atoms with van der Waals surface area (Å²) in [4.78, 5) is 25.3. The zero-order chi connectivity index (χ0) is 22.2. The number of carbonyl (C=O) groups is 2. The van der Waals surface area contributed by atoms with Gasteiger partial charge in [0.15, 0.2) is 0 Å². The van der Waals surface area contributed by atoms with Crippen LogP contribution in [0.25, 0.3) is 0 Å². The minimum Gasteiger partial charge on any atom is -0.490 e. The molecule has 2 N–H and O–H groups in total. The Morgan fingerprint density at radius 1 is 0.903 bits per heavy atom. The first-order valence-corrected chi connectivity index (χ1v) is 10.1. The number of benzene rings is 3. The van der Waals surface area contributed by atoms with Crippen molar-refractivity contribution in [2.45, 2.75) is 0 Å². The smallest absolute Gasteiger partial charge is 0.259 e. The van der Waals surface area contributed by atoms with E-state index in [4.69, 9.17) is 9.47 Å². The second-order valence-corrected chi connectivity index (χ2v) is 7.39. The van der Waals surface area contributed by atoms with Gasteiger partial charge >= 0.3 is 0 Å². The Kier molecular flexibility index (Phi) is 7.75. The van der Waals surface area contributed by atoms with Crippen molar-refractivity contribution in [1.82, 2.24) is 0 Å². The topological polar surface area (TPSA) is 76.7 Å². The molecule has 0 fully saturated rings. The summed E-state index contributed by atoms with van der Waals surface area (Å²) in [7, 11) is 1.57. The molecule has 160 valence electrons. The van der Waals surface area contributed by atoms with Gasteiger partial charge in [-0.15, -0.1) is 0 Å². The normalized spacial score (nSPS) is 10.4. The van der Waals surface area contributed by atoms with E-state index in [1.807, 2.05) is 0 Å². The molecule has 0 heterocycles. The minimum absolute atomic E-state index is 0.303. The maximum atomic E-state index is 13.0. The summed E-state index contributed by atoms with van der Waals surface area (Å²) in [5.74, 6) is -0.734. The molecule has 31 heavy (non-hydrogen) atoms. The Morgan fingerprint density at radius 3 is 2.39 bits per heavy atom. The fourth-order valence-corrected chi connectivity index (χ4v) is 3.07. The first-order chi connectivity index (χ1) is 15.0. The van der Waals surface area contributed by atoms with Gasteiger partial charge in [0.2, 0.25) is 0 Å². The highest BCUT2D eigenvalue weighted by Gasteiger charge is 2.15. The number of hydrogen-bond donors (Lipinski definition) is 2. The van der Waals surface area contributed by atoms with E-state index in [2.05, 4.69) is 26.6 Å². The van der Waals surface area contributed by atoms with Crippen molar-refractivity contribution in [3.8, 4) is 5.75 Å². The van der Waals surface area contributed by atoms with Crippen LogP contribution in [0.3, 0.4) is 0 Å². The quantitative estimate of drug-likeness (QED) is 0.433. The highest BCUT2D eigenvalue weighted by atomic mass is 79.9. The molecule has 0 aliphatic heterocycles. The standard InChI is InChI=1S/C23H20BrFN2O4/c1-30-11-12-31-21-10-5-16(24)14-20(21)23(29)27-19-4-2-3-15(13-19)22(28)26-18-8-6-17(25)7-9-18/h2-10,13-14H,11-12H2,1H3,(H,26,28)(H,27,29). The lowest BCUT2D eigenvalue weighted by Crippen LogP contribution is -2.16. The number of rotatable bonds is 8. The van der Waals surface area contributed by atoms with E-state index in [1.165, 1.54) is 24.3 Å². The van der Waals surface area contributed by atoms with Crippen LogP contribution in [0.4, 0.5) is 15.8 Å². The zero-order valence-electron chi connectivity index (χ0n) is 16.7. The van der Waals surface area contributed by atoms with Gasteiger partial charge in [0, 0.05) is 28.5 Å². The Labute approximate surface area is 187 Å². The van der Waals surface area contributed by atoms with Gasteiger partial charge in [0.05, 0.1) is 12.2 Å². The van der Waals surface area contributed by atoms with Crippen molar-refractivity contribution in [2.24, 2.45) is 0 Å². The molecule has 3 aromatic carbocycles. The molecule has 6 nitrogen and oxygen atoms in total. The summed E-state index contributed by atoms with van der Waals surface area (Å²) < 4.78 is 24.4. The van der Waals surface area contributed by atoms with Crippen LogP contribution < -0.4 is 15.4 Å². The predicted molar refractivity (Wildman–Crippen MR) is 120 cm³/mol. The van der Waals surface area contributed by atoms with Crippen molar-refractivity contribution in [3.05, 3.63) is 88.1 Å². The van der Waals surface area contributed by atoms with Gasteiger partial charge in [-0.05, 0) is 60.7 Å². The summed E-state index contributed by atoms with van der Waals surface area (Å²) >= 11 is 3.36. The molecule has 3 rings (SSSR count). The average Bonchev–Trinajstić information content (AvgIpc) is 2.76. The second-order valence-electron chi connectivity index (χ2n) is 6.48. The summed E-state index contributed by atoms with van der Waals surface area (Å²) in [5, 5.41) is 5.47. The molecule has 0 radical (unpaired) electrons. The summed E-state index contributed by atoms with van der Waals surface area (Å²) in [5.41, 5.74) is 1.59. The zero-order valence-corrected chi connectivity index (χ0v) is 18.2. The number of halogens is 2. The third-order valence-electron chi connectivity index (χ3n) is 4.22. The number of methoxy groups -OCH3 is 1. The van der Waals surface area contributed by atoms with Crippen molar-refractivity contribution in [2.75, 3.05) is 31.0 Å². The Bertz CT molecular complexity index is 1070. The number of hydrogen-bond acceptors (Lipinski definition) is 4. The molecule has 0 spiro atoms. The van der Waals surface area contributed by atoms with E-state index >= 15 is 0 Å². The number of amides is 2. The van der Waals surface area contributed by atoms with Gasteiger partial charge in [-0.3, -0.25) is 9.59 Å². The number of ether oxygens (including phenoxy) is 2. The number of nitrogens with one attached hydrogen (secondary N) is 2. The molecule has 0 unspecified atom stereocenters. The van der Waals surface area contributed by atoms with Crippen LogP contribution in [0.5, 0.6) is 5.75 Å². The fourth-order valence-electron chi connectivity index (χ4n) is 2.71. The molecule has 8 heteroatoms. The molecule has 2 amide bonds. The van der Waals surface area contributed by atoms with Crippen molar-refractivity contribution >= 4 is 39.1 Å². The minimum atomic E-state index is -0.388. The van der Waals surface area contributed by atoms with Crippen LogP contribution >= 0.6 is 15.9 Å². The van der Waals surface area contributed by atoms with E-state index in [0.29, 0.717) is 41.5 Å². The third kappa shape index (κ3) is 6.37. The van der Waals surface area contributed by atoms with Gasteiger partial charge in [-0.2, -0.15) is 0 Å². The van der Waals surface area contributed by atoms with E-state index in [1.54, 1.807) is 49.6 Å². The summed E-state index contributed by atoms with van der Waals surface area (Å²) in [6, 6.07) is 17.1. The molecule has 0 aromatic heterocycles. The van der Waals surface area contributed by atoms with Crippen molar-refractivity contribution < 1.29 is 23.5 Å². The Balaban J connectivity index is 1.73. The maximum absolute atomic E-state index is 13.0. The van der Waals surface area contributed by atoms with E-state index in [-0.39, 0.29) is 17.6 Å². The molecule has 0 bridgehead atoms. The maximum Gasteiger partial charge on any atom is 0.259 e. The number of carbonyl (C=O) groups excluding carboxylic acids is 2. The van der Waals surface area contributed by atoms with Crippen molar-refractivity contribution in [1.29, 1.82) is 0 Å². The van der Waals surface area contributed by atoms with Gasteiger partial charge in [-0.25, -0.2) is 4.39 Å². The molecule has 0 saturated carbocycles. The third-order valence-corrected chi connectivity index (χ3v) is 4.71. The van der Waals surface area contributed by atoms with Crippen LogP contribution in [0.15, 0.2) is 71.2 Å². The highest BCUT2D eigenvalue weighted by molar-refractivity contribution is 9.10. The van der Waals surface area contributed by atoms with E-state index in [9.17, 15) is 14.0 Å². The van der Waals surface area contributed by atoms with Crippen LogP contribution in [0.1, 0.15) is 20.7 Å². The van der Waals surface area contributed by atoms with E-state index < -0.39 is 0 Å². The second kappa shape index (κ2) is 10.7. The molecule has 3 aromatic rings. The van der Waals surface area contributed by atoms with Crippen LogP contribution in [-0.2, 0) is 4.74 Å². The van der Waals surface area contributed by atoms with E-state index in [0.717, 1.165) is 4.47 Å². The van der Waals surface area contributed by atoms with Crippen LogP contribution in [0.2, 0.25) is 0 Å². The summed E-state index contributed by atoms with van der Waals surface area (Å²) in [6.07, 6.45) is 0. The van der Waals surface area contributed by atoms with Gasteiger partial charge in [0.1, 0.15) is 18.2 Å². The van der Waals surface area contributed by atoms with Crippen LogP contribution in [-0.4, -0.2) is 32.1 Å². The largest absolute Gasteiger partial charge is 0.490 e. The van der Waals surface area contributed by atoms with Gasteiger partial charge in [0.25, 0.3) is 11.8 Å². The highest BCUT2D eigenvalue weighted by Crippen LogP contribution is 2.25. The molecule has 0 aliphatic rings. The fraction of sp³-hybridized carbons (Fsp3) is 0.130. The average molecular weight is 487 g/mol. The first kappa shape index (κ1) is 22.5. The molecule has 0 saturated heterocycles. The van der Waals surface area contributed by atoms with Crippen molar-refractivity contribution in [3.63, 3.8) is 0 Å². The molecule has 0 atom stereocenters. The SMILES string of the molecule is COCCOc1ccc(Br)cc1C(=O)Nc1cccc(C(=O)Nc2ccc(F)cc2)c1. The van der Waals surface area contributed by atoms with Gasteiger partial charge < -0.3 is 20.1 Å². The first-order valence-electron chi connectivity index (χ1n) is 9.36. The lowest BCUT2D eigenvalue weighted by Gasteiger charge is -2.13. The lowest BCUT2D eigenvalue weighted by molar-refractivity contribution is 0.101. The summed E-state index contributed by atoms with van der Waals surface area (Å²) in [6.45, 7) is 0.694. The monoisotopic (exact) mass is 486 g/mol. The Morgan fingerprint density at radius 2 is 1.65 bits per heavy atom. The lowest BCUT2D eigenvalue weighted by atomic mass is 10.1. The van der Waals surface area contributed by atoms with Crippen LogP contribution in [0, 0.1) is 5.82 Å². The molecular weight excluding hydrogens is 467 g/mol. The predicted octanol–water partition coefficient (Wildman–Crippen LogP) is 5.12. The number of anilines is 2. The van der Waals surface area contributed by atoms with Gasteiger partial charge in [-0.1, -0.05) is 22.0 Å². The molecule has 0 aliphatic carbocycles. The Hall–Kier alpha value is -3.23.